The van der Waals surface area contributed by atoms with Crippen molar-refractivity contribution in [1.29, 1.82) is 0 Å². The Balaban J connectivity index is 0.796. The molecule has 466 valence electrons. The van der Waals surface area contributed by atoms with E-state index in [4.69, 9.17) is 0 Å². The number of fused-ring (bicyclic) bond motifs is 14. The molecule has 0 bridgehead atoms. The summed E-state index contributed by atoms with van der Waals surface area (Å²) in [6, 6.07) is 121. The molecule has 2 aromatic heterocycles. The fourth-order valence-corrected chi connectivity index (χ4v) is 17.7. The zero-order chi connectivity index (χ0) is 65.5. The van der Waals surface area contributed by atoms with Gasteiger partial charge < -0.3 is 19.6 Å². The van der Waals surface area contributed by atoms with Crippen LogP contribution in [0.1, 0.15) is 22.3 Å². The lowest BCUT2D eigenvalue weighted by atomic mass is 9.96. The van der Waals surface area contributed by atoms with Crippen molar-refractivity contribution in [3.05, 3.63) is 350 Å². The number of benzene rings is 16. The van der Waals surface area contributed by atoms with Gasteiger partial charge in [0.25, 0.3) is 0 Å². The molecule has 0 unspecified atom stereocenters. The van der Waals surface area contributed by atoms with Crippen LogP contribution in [0.2, 0.25) is 0 Å². The Hall–Kier alpha value is -11.8. The highest BCUT2D eigenvalue weighted by molar-refractivity contribution is 7.26. The van der Waals surface area contributed by atoms with E-state index in [2.05, 4.69) is 375 Å². The van der Waals surface area contributed by atoms with Crippen LogP contribution in [0.3, 0.4) is 0 Å². The summed E-state index contributed by atoms with van der Waals surface area (Å²) in [5.41, 5.74) is 20.6. The summed E-state index contributed by atoms with van der Waals surface area (Å²) in [5.74, 6) is 0. The van der Waals surface area contributed by atoms with E-state index in [9.17, 15) is 0 Å². The molecule has 0 aliphatic heterocycles. The first kappa shape index (κ1) is 58.8. The number of para-hydroxylation sites is 4. The van der Waals surface area contributed by atoms with Crippen molar-refractivity contribution < 1.29 is 0 Å². The van der Waals surface area contributed by atoms with Gasteiger partial charge in [0.2, 0.25) is 0 Å². The van der Waals surface area contributed by atoms with Crippen LogP contribution in [0, 0.1) is 27.7 Å². The number of nitrogens with zero attached hydrogens (tertiary/aromatic N) is 4. The van der Waals surface area contributed by atoms with Crippen molar-refractivity contribution in [1.82, 2.24) is 0 Å². The Bertz CT molecular complexity index is 6170. The van der Waals surface area contributed by atoms with Crippen LogP contribution in [0.15, 0.2) is 328 Å². The monoisotopic (exact) mass is 1290 g/mol. The second-order valence-corrected chi connectivity index (χ2v) is 28.0. The van der Waals surface area contributed by atoms with Crippen molar-refractivity contribution in [2.75, 3.05) is 19.6 Å². The van der Waals surface area contributed by atoms with Gasteiger partial charge in [-0.25, -0.2) is 0 Å². The largest absolute Gasteiger partial charge is 0.310 e. The second-order valence-electron chi connectivity index (χ2n) is 25.8. The molecule has 18 aromatic rings. The number of hydrogen-bond donors (Lipinski definition) is 0. The molecule has 0 aliphatic carbocycles. The molecule has 0 atom stereocenters. The van der Waals surface area contributed by atoms with E-state index in [0.717, 1.165) is 79.4 Å². The molecular weight excluding hydrogens is 1230 g/mol. The minimum Gasteiger partial charge on any atom is -0.310 e. The highest BCUT2D eigenvalue weighted by Crippen LogP contribution is 2.54. The van der Waals surface area contributed by atoms with Gasteiger partial charge in [-0.05, 0) is 192 Å². The second kappa shape index (κ2) is 24.1. The molecule has 0 saturated heterocycles. The molecule has 0 radical (unpaired) electrons. The number of thiophene rings is 2. The third kappa shape index (κ3) is 9.94. The molecule has 4 nitrogen and oxygen atoms in total. The Labute approximate surface area is 578 Å². The van der Waals surface area contributed by atoms with Crippen molar-refractivity contribution in [3.63, 3.8) is 0 Å². The van der Waals surface area contributed by atoms with Crippen molar-refractivity contribution in [2.24, 2.45) is 0 Å². The molecule has 0 spiro atoms. The van der Waals surface area contributed by atoms with E-state index in [1.807, 2.05) is 22.7 Å². The number of aryl methyl sites for hydroxylation is 4. The lowest BCUT2D eigenvalue weighted by molar-refractivity contribution is 1.26. The Kier molecular flexibility index (Phi) is 14.5. The van der Waals surface area contributed by atoms with Crippen LogP contribution in [-0.4, -0.2) is 0 Å². The lowest BCUT2D eigenvalue weighted by Gasteiger charge is -2.29. The average molecular weight is 1290 g/mol. The zero-order valence-corrected chi connectivity index (χ0v) is 56.4. The van der Waals surface area contributed by atoms with Crippen molar-refractivity contribution >= 4 is 174 Å². The van der Waals surface area contributed by atoms with Gasteiger partial charge in [-0.3, -0.25) is 0 Å². The normalized spacial score (nSPS) is 11.7. The summed E-state index contributed by atoms with van der Waals surface area (Å²) < 4.78 is 4.98. The molecule has 98 heavy (non-hydrogen) atoms. The van der Waals surface area contributed by atoms with Crippen LogP contribution in [-0.2, 0) is 0 Å². The highest BCUT2D eigenvalue weighted by atomic mass is 32.1. The van der Waals surface area contributed by atoms with Gasteiger partial charge in [-0.2, -0.15) is 0 Å². The van der Waals surface area contributed by atoms with Crippen LogP contribution >= 0.6 is 22.7 Å². The third-order valence-electron chi connectivity index (χ3n) is 19.7. The molecule has 0 fully saturated rings. The van der Waals surface area contributed by atoms with Crippen molar-refractivity contribution in [2.45, 2.75) is 27.7 Å². The van der Waals surface area contributed by atoms with E-state index in [1.54, 1.807) is 0 Å². The molecular formula is C92H66N4S2. The van der Waals surface area contributed by atoms with Gasteiger partial charge in [0.1, 0.15) is 0 Å². The van der Waals surface area contributed by atoms with Crippen LogP contribution in [0.25, 0.3) is 94.6 Å². The number of hydrogen-bond acceptors (Lipinski definition) is 6. The number of rotatable bonds is 13. The molecule has 0 N–H and O–H groups in total. The quantitative estimate of drug-likeness (QED) is 0.114. The molecule has 6 heteroatoms. The van der Waals surface area contributed by atoms with Crippen molar-refractivity contribution in [3.8, 4) is 11.1 Å². The Morgan fingerprint density at radius 1 is 0.194 bits per heavy atom. The third-order valence-corrected chi connectivity index (χ3v) is 21.8. The molecule has 16 aromatic carbocycles. The predicted molar refractivity (Wildman–Crippen MR) is 425 cm³/mol. The first-order chi connectivity index (χ1) is 48.3. The van der Waals surface area contributed by atoms with E-state index >= 15 is 0 Å². The van der Waals surface area contributed by atoms with E-state index in [1.165, 1.54) is 106 Å². The topological polar surface area (TPSA) is 13.0 Å². The van der Waals surface area contributed by atoms with Gasteiger partial charge in [0, 0.05) is 107 Å². The smallest absolute Gasteiger partial charge is 0.0554 e. The fourth-order valence-electron chi connectivity index (χ4n) is 15.3. The SMILES string of the molecule is Cc1cccc(N(c2ccccc2)c2cc3sc4cc(N(c5cccc(C)c5)c5cccc(-c6cccc(N(c7ccccc7C)c7cc8sc9cc(N(c%10ccccc%10)c%10ccccc%10C)c%10ccccc%10c9c8c8ccccc78)c6)c5)c5ccccc5c4c3c3ccccc23)c1. The van der Waals surface area contributed by atoms with Gasteiger partial charge in [0.15, 0.2) is 0 Å². The fraction of sp³-hybridized carbons (Fsp3) is 0.0435. The number of anilines is 12. The lowest BCUT2D eigenvalue weighted by Crippen LogP contribution is -2.12. The van der Waals surface area contributed by atoms with E-state index < -0.39 is 0 Å². The van der Waals surface area contributed by atoms with Crippen LogP contribution < -0.4 is 19.6 Å². The summed E-state index contributed by atoms with van der Waals surface area (Å²) in [6.07, 6.45) is 0. The van der Waals surface area contributed by atoms with Crippen LogP contribution in [0.5, 0.6) is 0 Å². The molecule has 2 heterocycles. The minimum absolute atomic E-state index is 1.08. The zero-order valence-electron chi connectivity index (χ0n) is 54.8. The summed E-state index contributed by atoms with van der Waals surface area (Å²) in [5, 5.41) is 14.9. The molecule has 0 aliphatic rings. The maximum atomic E-state index is 2.51. The van der Waals surface area contributed by atoms with Gasteiger partial charge in [-0.15, -0.1) is 22.7 Å². The summed E-state index contributed by atoms with van der Waals surface area (Å²) in [6.45, 7) is 8.82. The first-order valence-electron chi connectivity index (χ1n) is 33.6. The standard InChI is InChI=1S/C92H66N4S2/c1-59-27-23-37-67(51-59)93(65-33-7-5-8-34-65)81-55-85-89(75-45-17-13-41-71(75)81)90-76-46-18-14-42-72(76)82(56-86(90)97-85)94(68-38-24-28-60(2)52-68)69-39-25-31-63(53-69)64-32-26-40-70(54-64)96(80-50-22-12-30-62(80)4)84-58-88-92(78-48-20-16-44-74(78)84)91-77-47-19-15-43-73(77)83(57-87(91)98-88)95(66-35-9-6-10-36-66)79-49-21-11-29-61(79)3/h5-58H,1-4H3. The maximum absolute atomic E-state index is 2.51. The van der Waals surface area contributed by atoms with Crippen LogP contribution in [0.4, 0.5) is 68.2 Å². The first-order valence-corrected chi connectivity index (χ1v) is 35.3. The average Bonchev–Trinajstić information content (AvgIpc) is 1.52. The van der Waals surface area contributed by atoms with E-state index in [-0.39, 0.29) is 0 Å². The van der Waals surface area contributed by atoms with Gasteiger partial charge in [0.05, 0.1) is 22.7 Å². The molecule has 0 amide bonds. The Morgan fingerprint density at radius 2 is 0.459 bits per heavy atom. The summed E-state index contributed by atoms with van der Waals surface area (Å²) in [7, 11) is 0. The maximum Gasteiger partial charge on any atom is 0.0554 e. The minimum atomic E-state index is 1.08. The van der Waals surface area contributed by atoms with Gasteiger partial charge in [-0.1, -0.05) is 218 Å². The van der Waals surface area contributed by atoms with Gasteiger partial charge >= 0.3 is 0 Å². The summed E-state index contributed by atoms with van der Waals surface area (Å²) >= 11 is 3.77. The highest BCUT2D eigenvalue weighted by Gasteiger charge is 2.27. The predicted octanol–water partition coefficient (Wildman–Crippen LogP) is 27.8. The van der Waals surface area contributed by atoms with E-state index in [0.29, 0.717) is 0 Å². The Morgan fingerprint density at radius 3 is 0.827 bits per heavy atom. The summed E-state index contributed by atoms with van der Waals surface area (Å²) in [4.78, 5) is 9.88. The molecule has 0 saturated carbocycles. The molecule has 18 rings (SSSR count).